The summed E-state index contributed by atoms with van der Waals surface area (Å²) in [5.74, 6) is -9.68. The van der Waals surface area contributed by atoms with Crippen LogP contribution < -0.4 is 16.1 Å². The van der Waals surface area contributed by atoms with E-state index in [2.05, 4.69) is 16.1 Å². The molecule has 2 saturated heterocycles. The predicted molar refractivity (Wildman–Crippen MR) is 142 cm³/mol. The summed E-state index contributed by atoms with van der Waals surface area (Å²) in [6.45, 7) is 12.3. The number of hydrogen-bond donors (Lipinski definition) is 3. The van der Waals surface area contributed by atoms with Crippen molar-refractivity contribution in [2.75, 3.05) is 13.1 Å². The quantitative estimate of drug-likeness (QED) is 0.302. The normalized spacial score (nSPS) is 31.8. The van der Waals surface area contributed by atoms with Crippen molar-refractivity contribution in [2.24, 2.45) is 34.5 Å². The molecule has 3 N–H and O–H groups in total. The van der Waals surface area contributed by atoms with Crippen molar-refractivity contribution in [3.63, 3.8) is 0 Å². The van der Waals surface area contributed by atoms with Gasteiger partial charge in [0, 0.05) is 18.5 Å². The van der Waals surface area contributed by atoms with Crippen LogP contribution >= 0.6 is 11.6 Å². The summed E-state index contributed by atoms with van der Waals surface area (Å²) < 4.78 is 41.1. The first kappa shape index (κ1) is 31.4. The number of hydrogen-bond acceptors (Lipinski definition) is 5. The zero-order chi connectivity index (χ0) is 31.0. The van der Waals surface area contributed by atoms with E-state index in [1.165, 1.54) is 4.90 Å². The third kappa shape index (κ3) is 6.01. The lowest BCUT2D eigenvalue weighted by atomic mass is 9.85. The van der Waals surface area contributed by atoms with Gasteiger partial charge in [0.05, 0.1) is 12.5 Å². The number of carbonyl (C=O) groups excluding carboxylic acids is 5. The highest BCUT2D eigenvalue weighted by Gasteiger charge is 2.70. The van der Waals surface area contributed by atoms with Crippen molar-refractivity contribution >= 4 is 41.1 Å². The molecule has 5 amide bonds. The molecular weight excluding hydrogens is 567 g/mol. The fourth-order valence-electron chi connectivity index (χ4n) is 6.44. The van der Waals surface area contributed by atoms with E-state index >= 15 is 0 Å². The molecule has 4 rings (SSSR count). The number of nitrogens with one attached hydrogen (secondary N) is 3. The summed E-state index contributed by atoms with van der Waals surface area (Å²) in [5.41, 5.74) is -1.84. The first-order valence-electron chi connectivity index (χ1n) is 13.8. The summed E-state index contributed by atoms with van der Waals surface area (Å²) in [4.78, 5) is 66.6. The molecule has 4 aliphatic rings. The van der Waals surface area contributed by atoms with Crippen molar-refractivity contribution in [1.82, 2.24) is 26.0 Å². The smallest absolute Gasteiger partial charge is 0.291 e. The summed E-state index contributed by atoms with van der Waals surface area (Å²) in [6.07, 6.45) is -0.267. The van der Waals surface area contributed by atoms with Crippen LogP contribution in [0.15, 0.2) is 0 Å². The molecule has 0 bridgehead atoms. The van der Waals surface area contributed by atoms with Crippen LogP contribution in [0.2, 0.25) is 0 Å². The van der Waals surface area contributed by atoms with Gasteiger partial charge >= 0.3 is 0 Å². The lowest BCUT2D eigenvalue weighted by molar-refractivity contribution is -0.151. The molecule has 0 spiro atoms. The third-order valence-corrected chi connectivity index (χ3v) is 9.18. The number of nitrogens with zero attached hydrogens (tertiary/aromatic N) is 2. The third-order valence-electron chi connectivity index (χ3n) is 8.99. The number of halogens is 4. The Morgan fingerprint density at radius 2 is 1.71 bits per heavy atom. The Labute approximate surface area is 242 Å². The molecule has 0 radical (unpaired) electrons. The Hall–Kier alpha value is -2.57. The number of piperidine rings is 1. The molecule has 230 valence electrons. The second-order valence-electron chi connectivity index (χ2n) is 14.2. The van der Waals surface area contributed by atoms with Crippen LogP contribution in [-0.4, -0.2) is 81.7 Å². The van der Waals surface area contributed by atoms with E-state index in [0.717, 1.165) is 0 Å². The number of hydrazine groups is 1. The first-order valence-corrected chi connectivity index (χ1v) is 14.2. The number of fused-ring (bicyclic) bond motifs is 1. The van der Waals surface area contributed by atoms with Crippen LogP contribution in [0.5, 0.6) is 0 Å². The Morgan fingerprint density at radius 1 is 1.12 bits per heavy atom. The van der Waals surface area contributed by atoms with Crippen LogP contribution in [0.1, 0.15) is 61.3 Å². The van der Waals surface area contributed by atoms with Crippen molar-refractivity contribution in [1.29, 1.82) is 0 Å². The molecule has 4 fully saturated rings. The molecule has 0 aromatic rings. The summed E-state index contributed by atoms with van der Waals surface area (Å²) >= 11 is 5.43. The van der Waals surface area contributed by atoms with Gasteiger partial charge in [-0.25, -0.2) is 18.2 Å². The molecule has 0 unspecified atom stereocenters. The molecule has 2 heterocycles. The zero-order valence-corrected chi connectivity index (χ0v) is 25.1. The van der Waals surface area contributed by atoms with E-state index in [1.807, 2.05) is 13.8 Å². The number of likely N-dealkylation sites (tertiary alicyclic amines) is 1. The van der Waals surface area contributed by atoms with Gasteiger partial charge in [-0.3, -0.25) is 29.4 Å². The molecule has 10 nitrogen and oxygen atoms in total. The van der Waals surface area contributed by atoms with Crippen LogP contribution in [0.4, 0.5) is 13.2 Å². The maximum atomic E-state index is 14.0. The molecular formula is C27H39ClF3N5O5. The summed E-state index contributed by atoms with van der Waals surface area (Å²) in [5, 5.41) is 5.95. The highest BCUT2D eigenvalue weighted by Crippen LogP contribution is 2.65. The Morgan fingerprint density at radius 3 is 2.17 bits per heavy atom. The fraction of sp³-hybridized carbons (Fsp3) is 0.815. The Bertz CT molecular complexity index is 1160. The van der Waals surface area contributed by atoms with Crippen molar-refractivity contribution < 1.29 is 37.1 Å². The van der Waals surface area contributed by atoms with Gasteiger partial charge in [0.15, 0.2) is 0 Å². The maximum Gasteiger partial charge on any atom is 0.291 e. The van der Waals surface area contributed by atoms with Crippen LogP contribution in [-0.2, 0) is 24.0 Å². The number of amides is 5. The summed E-state index contributed by atoms with van der Waals surface area (Å²) in [6, 6.07) is -2.30. The molecule has 0 aromatic carbocycles. The molecule has 2 aliphatic heterocycles. The standard InChI is InChI=1S/C27H39ClF3N5O5/c1-24(2,3)17(32-20(38)13-9-27(13,30)31)22(40)35-11-14-15(26(14,6)7)16(35)21(39)34-36(23(41)18(28)29)10-12-8-25(4,5)33-19(12)37/h12-18H,8-11H2,1-7H3,(H,32,38)(H,33,37)(H,34,39)/t12-,13-,14-,15-,16-,17+,18+/m0/s1. The number of rotatable bonds is 7. The molecule has 2 saturated carbocycles. The van der Waals surface area contributed by atoms with E-state index in [0.29, 0.717) is 11.4 Å². The molecule has 41 heavy (non-hydrogen) atoms. The Balaban J connectivity index is 1.56. The molecule has 0 aromatic heterocycles. The highest BCUT2D eigenvalue weighted by molar-refractivity contribution is 6.29. The van der Waals surface area contributed by atoms with Crippen molar-refractivity contribution in [3.8, 4) is 0 Å². The van der Waals surface area contributed by atoms with Gasteiger partial charge in [-0.2, -0.15) is 0 Å². The minimum Gasteiger partial charge on any atom is -0.351 e. The van der Waals surface area contributed by atoms with E-state index in [-0.39, 0.29) is 36.2 Å². The van der Waals surface area contributed by atoms with Crippen LogP contribution in [0.3, 0.4) is 0 Å². The molecule has 7 atom stereocenters. The lowest BCUT2D eigenvalue weighted by Gasteiger charge is -2.38. The average molecular weight is 606 g/mol. The number of alkyl halides is 4. The van der Waals surface area contributed by atoms with E-state index in [9.17, 15) is 37.1 Å². The topological polar surface area (TPSA) is 128 Å². The highest BCUT2D eigenvalue weighted by atomic mass is 35.5. The molecule has 14 heteroatoms. The van der Waals surface area contributed by atoms with Gasteiger partial charge in [-0.1, -0.05) is 46.2 Å². The van der Waals surface area contributed by atoms with Gasteiger partial charge < -0.3 is 15.5 Å². The second kappa shape index (κ2) is 10.0. The fourth-order valence-corrected chi connectivity index (χ4v) is 6.56. The minimum atomic E-state index is -3.12. The zero-order valence-electron chi connectivity index (χ0n) is 24.3. The van der Waals surface area contributed by atoms with E-state index in [1.54, 1.807) is 34.6 Å². The average Bonchev–Trinajstić information content (AvgIpc) is 3.43. The Kier molecular flexibility index (Phi) is 7.66. The summed E-state index contributed by atoms with van der Waals surface area (Å²) in [7, 11) is 0. The number of carbonyl (C=O) groups is 5. The van der Waals surface area contributed by atoms with E-state index in [4.69, 9.17) is 11.6 Å². The van der Waals surface area contributed by atoms with Gasteiger partial charge in [0.2, 0.25) is 17.7 Å². The van der Waals surface area contributed by atoms with E-state index < -0.39 is 76.5 Å². The van der Waals surface area contributed by atoms with Gasteiger partial charge in [-0.15, -0.1) is 0 Å². The monoisotopic (exact) mass is 605 g/mol. The lowest BCUT2D eigenvalue weighted by Crippen LogP contribution is -2.61. The molecule has 2 aliphatic carbocycles. The van der Waals surface area contributed by atoms with Crippen molar-refractivity contribution in [2.45, 2.75) is 90.5 Å². The predicted octanol–water partition coefficient (Wildman–Crippen LogP) is 1.96. The van der Waals surface area contributed by atoms with Gasteiger partial charge in [0.1, 0.15) is 18.0 Å². The van der Waals surface area contributed by atoms with Crippen LogP contribution in [0.25, 0.3) is 0 Å². The van der Waals surface area contributed by atoms with Gasteiger partial charge in [0.25, 0.3) is 23.4 Å². The first-order chi connectivity index (χ1) is 18.6. The van der Waals surface area contributed by atoms with Crippen LogP contribution in [0, 0.1) is 34.5 Å². The largest absolute Gasteiger partial charge is 0.351 e. The second-order valence-corrected chi connectivity index (χ2v) is 14.6. The van der Waals surface area contributed by atoms with Crippen molar-refractivity contribution in [3.05, 3.63) is 0 Å². The van der Waals surface area contributed by atoms with Gasteiger partial charge in [-0.05, 0) is 42.9 Å². The maximum absolute atomic E-state index is 14.0. The SMILES string of the molecule is CC1(C)C[C@@H](CN(NC(=O)[C@@H]2[C@@H]3[C@H](CN2C(=O)[C@@H](NC(=O)[C@@H]2CC2(F)F)C(C)(C)C)C3(C)C)C(=O)[C@@H](F)Cl)C(=O)N1. The minimum absolute atomic E-state index is 0.0706.